The fourth-order valence-electron chi connectivity index (χ4n) is 3.27. The Morgan fingerprint density at radius 3 is 2.41 bits per heavy atom. The van der Waals surface area contributed by atoms with E-state index in [4.69, 9.17) is 10.5 Å². The fourth-order valence-corrected chi connectivity index (χ4v) is 3.27. The molecular formula is C19H18F6N6O3. The SMILES string of the molecule is COc1ncc(-c2cc(C)c3c(N)ncnn23)cc1C(=O)NCCC(O)(C(F)(F)F)C(F)(F)F. The van der Waals surface area contributed by atoms with E-state index in [0.29, 0.717) is 22.3 Å². The van der Waals surface area contributed by atoms with E-state index in [2.05, 4.69) is 15.1 Å². The second-order valence-electron chi connectivity index (χ2n) is 7.26. The summed E-state index contributed by atoms with van der Waals surface area (Å²) in [6, 6.07) is 2.96. The lowest BCUT2D eigenvalue weighted by Crippen LogP contribution is -2.58. The molecule has 0 atom stereocenters. The van der Waals surface area contributed by atoms with E-state index in [1.54, 1.807) is 13.0 Å². The molecule has 0 fully saturated rings. The van der Waals surface area contributed by atoms with Gasteiger partial charge < -0.3 is 20.9 Å². The number of fused-ring (bicyclic) bond motifs is 1. The van der Waals surface area contributed by atoms with Crippen LogP contribution in [0.3, 0.4) is 0 Å². The number of aromatic nitrogens is 4. The Bertz CT molecular complexity index is 1210. The van der Waals surface area contributed by atoms with Gasteiger partial charge in [-0.05, 0) is 24.6 Å². The van der Waals surface area contributed by atoms with E-state index in [-0.39, 0.29) is 17.3 Å². The predicted octanol–water partition coefficient (Wildman–Crippen LogP) is 2.67. The minimum absolute atomic E-state index is 0.194. The molecule has 184 valence electrons. The number of hydrogen-bond donors (Lipinski definition) is 3. The molecule has 34 heavy (non-hydrogen) atoms. The van der Waals surface area contributed by atoms with Gasteiger partial charge >= 0.3 is 12.4 Å². The third-order valence-electron chi connectivity index (χ3n) is 5.07. The highest BCUT2D eigenvalue weighted by Crippen LogP contribution is 2.45. The van der Waals surface area contributed by atoms with Crippen molar-refractivity contribution in [3.8, 4) is 17.1 Å². The van der Waals surface area contributed by atoms with Crippen LogP contribution in [-0.2, 0) is 0 Å². The number of halogens is 6. The summed E-state index contributed by atoms with van der Waals surface area (Å²) in [5.41, 5.74) is 2.59. The minimum Gasteiger partial charge on any atom is -0.480 e. The number of rotatable bonds is 6. The number of aliphatic hydroxyl groups is 1. The normalized spacial score (nSPS) is 12.7. The van der Waals surface area contributed by atoms with Gasteiger partial charge in [0.1, 0.15) is 17.4 Å². The summed E-state index contributed by atoms with van der Waals surface area (Å²) in [4.78, 5) is 20.5. The average molecular weight is 492 g/mol. The number of ether oxygens (including phenoxy) is 1. The molecule has 15 heteroatoms. The quantitative estimate of drug-likeness (QED) is 0.452. The van der Waals surface area contributed by atoms with E-state index >= 15 is 0 Å². The molecule has 1 amide bonds. The molecule has 0 radical (unpaired) electrons. The van der Waals surface area contributed by atoms with Gasteiger partial charge in [0.25, 0.3) is 11.5 Å². The number of amides is 1. The number of carbonyl (C=O) groups is 1. The fraction of sp³-hybridized carbons (Fsp3) is 0.368. The first-order valence-electron chi connectivity index (χ1n) is 9.48. The van der Waals surface area contributed by atoms with Crippen molar-refractivity contribution in [3.05, 3.63) is 35.8 Å². The van der Waals surface area contributed by atoms with Gasteiger partial charge in [-0.25, -0.2) is 14.5 Å². The lowest BCUT2D eigenvalue weighted by Gasteiger charge is -2.32. The molecule has 0 aliphatic rings. The van der Waals surface area contributed by atoms with Crippen molar-refractivity contribution in [2.75, 3.05) is 19.4 Å². The van der Waals surface area contributed by atoms with Crippen LogP contribution < -0.4 is 15.8 Å². The van der Waals surface area contributed by atoms with E-state index in [9.17, 15) is 36.2 Å². The molecule has 3 aromatic rings. The topological polar surface area (TPSA) is 128 Å². The molecule has 0 unspecified atom stereocenters. The highest BCUT2D eigenvalue weighted by Gasteiger charge is 2.69. The van der Waals surface area contributed by atoms with Crippen LogP contribution in [0.25, 0.3) is 16.8 Å². The number of anilines is 1. The largest absolute Gasteiger partial charge is 0.480 e. The van der Waals surface area contributed by atoms with Crippen LogP contribution in [0.4, 0.5) is 32.2 Å². The number of aryl methyl sites for hydroxylation is 1. The molecular weight excluding hydrogens is 474 g/mol. The molecule has 0 aromatic carbocycles. The first-order valence-corrected chi connectivity index (χ1v) is 9.48. The van der Waals surface area contributed by atoms with Crippen molar-refractivity contribution in [3.63, 3.8) is 0 Å². The summed E-state index contributed by atoms with van der Waals surface area (Å²) >= 11 is 0. The van der Waals surface area contributed by atoms with E-state index in [1.165, 1.54) is 30.2 Å². The van der Waals surface area contributed by atoms with Gasteiger partial charge in [0.15, 0.2) is 5.82 Å². The first kappa shape index (κ1) is 25.0. The Morgan fingerprint density at radius 2 is 1.82 bits per heavy atom. The Labute approximate surface area is 187 Å². The molecule has 0 spiro atoms. The highest BCUT2D eigenvalue weighted by molar-refractivity contribution is 5.97. The van der Waals surface area contributed by atoms with E-state index < -0.39 is 36.8 Å². The number of nitrogens with two attached hydrogens (primary N) is 1. The maximum atomic E-state index is 12.8. The molecule has 3 rings (SSSR count). The standard InChI is InChI=1S/C19H18F6N6O3/c1-9-5-12(31-13(9)14(26)29-8-30-31)10-6-11(16(34-2)28-7-10)15(32)27-4-3-17(33,18(20,21)22)19(23,24)25/h5-8,33H,3-4H2,1-2H3,(H,27,32)(H2,26,29,30). The van der Waals surface area contributed by atoms with Gasteiger partial charge in [0.2, 0.25) is 5.88 Å². The monoisotopic (exact) mass is 492 g/mol. The summed E-state index contributed by atoms with van der Waals surface area (Å²) in [5, 5.41) is 15.3. The number of carbonyl (C=O) groups excluding carboxylic acids is 1. The third kappa shape index (κ3) is 4.30. The molecule has 0 bridgehead atoms. The zero-order chi connectivity index (χ0) is 25.5. The third-order valence-corrected chi connectivity index (χ3v) is 5.07. The summed E-state index contributed by atoms with van der Waals surface area (Å²) in [5.74, 6) is -1.10. The lowest BCUT2D eigenvalue weighted by molar-refractivity contribution is -0.369. The van der Waals surface area contributed by atoms with Crippen LogP contribution in [0.1, 0.15) is 22.3 Å². The number of alkyl halides is 6. The van der Waals surface area contributed by atoms with Gasteiger partial charge in [0, 0.05) is 24.7 Å². The van der Waals surface area contributed by atoms with Crippen molar-refractivity contribution in [2.24, 2.45) is 0 Å². The summed E-state index contributed by atoms with van der Waals surface area (Å²) in [6.07, 6.45) is -11.3. The number of nitrogens with one attached hydrogen (secondary N) is 1. The number of pyridine rings is 1. The maximum absolute atomic E-state index is 12.8. The summed E-state index contributed by atoms with van der Waals surface area (Å²) in [7, 11) is 1.18. The van der Waals surface area contributed by atoms with Crippen molar-refractivity contribution in [2.45, 2.75) is 31.3 Å². The van der Waals surface area contributed by atoms with Crippen LogP contribution in [0.15, 0.2) is 24.7 Å². The molecule has 9 nitrogen and oxygen atoms in total. The lowest BCUT2D eigenvalue weighted by atomic mass is 9.98. The minimum atomic E-state index is -5.99. The summed E-state index contributed by atoms with van der Waals surface area (Å²) < 4.78 is 83.4. The van der Waals surface area contributed by atoms with E-state index in [0.717, 1.165) is 0 Å². The number of methoxy groups -OCH3 is 1. The van der Waals surface area contributed by atoms with Crippen molar-refractivity contribution in [1.29, 1.82) is 0 Å². The second-order valence-corrected chi connectivity index (χ2v) is 7.26. The molecule has 0 saturated carbocycles. The zero-order valence-corrected chi connectivity index (χ0v) is 17.6. The van der Waals surface area contributed by atoms with Crippen LogP contribution in [0, 0.1) is 6.92 Å². The van der Waals surface area contributed by atoms with Crippen LogP contribution in [0.5, 0.6) is 5.88 Å². The van der Waals surface area contributed by atoms with Crippen molar-refractivity contribution < 1.29 is 41.0 Å². The number of nitrogens with zero attached hydrogens (tertiary/aromatic N) is 4. The Hall–Kier alpha value is -3.62. The van der Waals surface area contributed by atoms with Crippen LogP contribution in [0.2, 0.25) is 0 Å². The van der Waals surface area contributed by atoms with Gasteiger partial charge in [0.05, 0.1) is 12.8 Å². The van der Waals surface area contributed by atoms with Gasteiger partial charge in [-0.1, -0.05) is 0 Å². The molecule has 0 saturated heterocycles. The molecule has 0 aliphatic heterocycles. The van der Waals surface area contributed by atoms with Crippen LogP contribution >= 0.6 is 0 Å². The number of nitrogen functional groups attached to an aromatic ring is 1. The van der Waals surface area contributed by atoms with Gasteiger partial charge in [-0.3, -0.25) is 4.79 Å². The van der Waals surface area contributed by atoms with Crippen molar-refractivity contribution >= 4 is 17.2 Å². The Kier molecular flexibility index (Phi) is 6.34. The van der Waals surface area contributed by atoms with Gasteiger partial charge in [-0.2, -0.15) is 31.4 Å². The van der Waals surface area contributed by atoms with Gasteiger partial charge in [-0.15, -0.1) is 0 Å². The highest BCUT2D eigenvalue weighted by atomic mass is 19.4. The zero-order valence-electron chi connectivity index (χ0n) is 17.6. The second kappa shape index (κ2) is 8.62. The Balaban J connectivity index is 1.90. The first-order chi connectivity index (χ1) is 15.7. The average Bonchev–Trinajstić information content (AvgIpc) is 3.09. The summed E-state index contributed by atoms with van der Waals surface area (Å²) in [6.45, 7) is 0.601. The molecule has 4 N–H and O–H groups in total. The molecule has 3 aromatic heterocycles. The maximum Gasteiger partial charge on any atom is 0.426 e. The van der Waals surface area contributed by atoms with Crippen molar-refractivity contribution in [1.82, 2.24) is 24.9 Å². The smallest absolute Gasteiger partial charge is 0.426 e. The van der Waals surface area contributed by atoms with Crippen LogP contribution in [-0.4, -0.2) is 62.2 Å². The molecule has 3 heterocycles. The Morgan fingerprint density at radius 1 is 1.18 bits per heavy atom. The number of hydrogen-bond acceptors (Lipinski definition) is 7. The predicted molar refractivity (Wildman–Crippen MR) is 106 cm³/mol. The molecule has 0 aliphatic carbocycles. The van der Waals surface area contributed by atoms with E-state index in [1.807, 2.05) is 5.32 Å².